The first-order chi connectivity index (χ1) is 3.39. The van der Waals surface area contributed by atoms with Crippen molar-refractivity contribution >= 4 is 0 Å². The summed E-state index contributed by atoms with van der Waals surface area (Å²) in [4.78, 5) is 0. The molecule has 2 heteroatoms. The van der Waals surface area contributed by atoms with E-state index in [9.17, 15) is 0 Å². The van der Waals surface area contributed by atoms with Crippen LogP contribution < -0.4 is 0 Å². The maximum Gasteiger partial charge on any atom is 0.00821 e. The second-order valence-electron chi connectivity index (χ2n) is 1.26. The molecule has 1 aromatic carbocycles. The van der Waals surface area contributed by atoms with Gasteiger partial charge in [0.15, 0.2) is 0 Å². The molecule has 1 aromatic rings. The maximum atomic E-state index is 8.61. The molecular weight excluding hydrogens is 355 g/mol. The topological polar surface area (TPSA) is 20.2 Å². The Morgan fingerprint density at radius 3 is 2.00 bits per heavy atom. The molecule has 0 radical (unpaired) electrons. The van der Waals surface area contributed by atoms with Gasteiger partial charge in [0.05, 0.1) is 0 Å². The molecule has 0 atom stereocenters. The van der Waals surface area contributed by atoms with Crippen LogP contribution in [0.3, 0.4) is 0 Å². The number of hydrogen-bond donors (Lipinski definition) is 1. The van der Waals surface area contributed by atoms with E-state index in [0.717, 1.165) is 0 Å². The fraction of sp³-hybridized carbons (Fsp3) is 0. The van der Waals surface area contributed by atoms with Crippen LogP contribution in [0.1, 0.15) is 0 Å². The van der Waals surface area contributed by atoms with Crippen molar-refractivity contribution in [2.24, 2.45) is 0 Å². The van der Waals surface area contributed by atoms with Crippen LogP contribution in [0.15, 0.2) is 24.3 Å². The van der Waals surface area contributed by atoms with E-state index in [1.807, 2.05) is 0 Å². The Hall–Kier alpha value is -1.98. The normalized spacial score (nSPS) is 7.50. The van der Waals surface area contributed by atoms with Gasteiger partial charge >= 0.3 is 0 Å². The van der Waals surface area contributed by atoms with Crippen molar-refractivity contribution in [3.8, 4) is 5.75 Å². The number of rotatable bonds is 0. The van der Waals surface area contributed by atoms with Gasteiger partial charge in [-0.25, -0.2) is 0 Å². The summed E-state index contributed by atoms with van der Waals surface area (Å²) in [7, 11) is 0. The second-order valence-corrected chi connectivity index (χ2v) is 1.26. The van der Waals surface area contributed by atoms with Crippen LogP contribution in [-0.4, -0.2) is 5.11 Å². The summed E-state index contributed by atoms with van der Waals surface area (Å²) in [5, 5.41) is 8.61. The second kappa shape index (κ2) is 2.24. The van der Waals surface area contributed by atoms with Gasteiger partial charge in [0.25, 0.3) is 0 Å². The molecule has 0 aromatic heterocycles. The molecule has 0 aliphatic heterocycles. The Kier molecular flexibility index (Phi) is 1.68. The van der Waals surface area contributed by atoms with Crippen LogP contribution in [0.2, 0.25) is 0 Å². The SMILES string of the molecule is Oc1cc[c-]cc1.[Rf]. The molecule has 0 aliphatic carbocycles. The molecule has 0 aliphatic rings. The zero-order valence-electron chi connectivity index (χ0n) is 4.46. The molecule has 1 rings (SSSR count). The summed E-state index contributed by atoms with van der Waals surface area (Å²) in [6.07, 6.45) is 0. The van der Waals surface area contributed by atoms with Crippen LogP contribution in [0.5, 0.6) is 5.75 Å². The van der Waals surface area contributed by atoms with E-state index in [2.05, 4.69) is 6.07 Å². The molecule has 0 saturated heterocycles. The molecule has 38 valence electrons. The molecule has 0 heterocycles. The first-order valence-electron chi connectivity index (χ1n) is 2.04. The van der Waals surface area contributed by atoms with Crippen molar-refractivity contribution < 1.29 is 5.11 Å². The van der Waals surface area contributed by atoms with Crippen molar-refractivity contribution in [3.63, 3.8) is 0 Å². The predicted octanol–water partition coefficient (Wildman–Crippen LogP) is 1.19. The van der Waals surface area contributed by atoms with Crippen LogP contribution in [0.25, 0.3) is 0 Å². The van der Waals surface area contributed by atoms with Crippen molar-refractivity contribution in [2.75, 3.05) is 0 Å². The van der Waals surface area contributed by atoms with Crippen LogP contribution in [-0.2, 0) is 0 Å². The van der Waals surface area contributed by atoms with E-state index in [-0.39, 0.29) is 0 Å². The monoisotopic (exact) mass is 360 g/mol. The molecule has 0 unspecified atom stereocenters. The summed E-state index contributed by atoms with van der Waals surface area (Å²) >= 11 is 0. The largest absolute Gasteiger partial charge is 0.533 e. The standard InChI is InChI=1S/C6H5O.Rf/c7-6-4-2-1-3-5-6;/h2-5,7H;/q-1;. The molecule has 8 heavy (non-hydrogen) atoms. The van der Waals surface area contributed by atoms with Crippen molar-refractivity contribution in [1.29, 1.82) is 0 Å². The Labute approximate surface area is 42.2 Å². The van der Waals surface area contributed by atoms with Gasteiger partial charge in [0.2, 0.25) is 0 Å². The molecular formula is C6H5ORf-. The fourth-order valence-corrected chi connectivity index (χ4v) is 0.378. The third-order valence-electron chi connectivity index (χ3n) is 0.701. The molecule has 0 bridgehead atoms. The Morgan fingerprint density at radius 1 is 1.25 bits per heavy atom. The number of phenols is 1. The predicted molar refractivity (Wildman–Crippen MR) is 26.9 cm³/mol. The zero-order chi connectivity index (χ0) is 5.11. The molecule has 0 fully saturated rings. The van der Waals surface area contributed by atoms with Crippen molar-refractivity contribution in [2.45, 2.75) is 0 Å². The smallest absolute Gasteiger partial charge is 0.00821 e. The summed E-state index contributed by atoms with van der Waals surface area (Å²) in [5.74, 6) is 0.291. The third-order valence-corrected chi connectivity index (χ3v) is 0.701. The maximum absolute atomic E-state index is 8.61. The first-order valence-corrected chi connectivity index (χ1v) is 2.04. The first kappa shape index (κ1) is 6.02. The van der Waals surface area contributed by atoms with E-state index in [1.165, 1.54) is 0 Å². The molecule has 0 saturated carbocycles. The molecule has 1 N–H and O–H groups in total. The number of hydrogen-bond acceptors (Lipinski definition) is 1. The van der Waals surface area contributed by atoms with E-state index < -0.39 is 0 Å². The van der Waals surface area contributed by atoms with E-state index in [4.69, 9.17) is 5.11 Å². The third kappa shape index (κ3) is 1.01. The Morgan fingerprint density at radius 2 is 1.75 bits per heavy atom. The summed E-state index contributed by atoms with van der Waals surface area (Å²) in [6, 6.07) is 9.26. The van der Waals surface area contributed by atoms with Gasteiger partial charge in [-0.2, -0.15) is 18.2 Å². The van der Waals surface area contributed by atoms with Gasteiger partial charge in [-0.15, -0.1) is 12.1 Å². The fourth-order valence-electron chi connectivity index (χ4n) is 0.378. The molecule has 0 spiro atoms. The van der Waals surface area contributed by atoms with Gasteiger partial charge in [-0.05, 0) is 0 Å². The molecule has 1 nitrogen and oxygen atoms in total. The number of aromatic hydroxyl groups is 1. The van der Waals surface area contributed by atoms with E-state index in [1.54, 1.807) is 24.3 Å². The quantitative estimate of drug-likeness (QED) is 0.690. The van der Waals surface area contributed by atoms with Gasteiger partial charge in [0.1, 0.15) is 0 Å². The van der Waals surface area contributed by atoms with Gasteiger partial charge < -0.3 is 5.11 Å². The Bertz CT molecular complexity index is 138. The average molecular weight is 360 g/mol. The van der Waals surface area contributed by atoms with Crippen molar-refractivity contribution in [3.05, 3.63) is 30.3 Å². The minimum absolute atomic E-state index is 0. The van der Waals surface area contributed by atoms with E-state index >= 15 is 0 Å². The van der Waals surface area contributed by atoms with Crippen LogP contribution in [0.4, 0.5) is 0 Å². The van der Waals surface area contributed by atoms with Crippen molar-refractivity contribution in [1.82, 2.24) is 0 Å². The van der Waals surface area contributed by atoms with E-state index in [0.29, 0.717) is 5.75 Å². The molecule has 0 amide bonds. The summed E-state index contributed by atoms with van der Waals surface area (Å²) in [6.45, 7) is 0. The van der Waals surface area contributed by atoms with Gasteiger partial charge in [0, 0.05) is 5.75 Å². The number of benzene rings is 1. The van der Waals surface area contributed by atoms with Crippen LogP contribution >= 0.6 is 0 Å². The summed E-state index contributed by atoms with van der Waals surface area (Å²) in [5.41, 5.74) is 0. The average Bonchev–Trinajstić information content (AvgIpc) is 1.69. The minimum Gasteiger partial charge on any atom is -0.533 e. The van der Waals surface area contributed by atoms with Gasteiger partial charge in [-0.1, -0.05) is 0 Å². The minimum atomic E-state index is 0. The summed E-state index contributed by atoms with van der Waals surface area (Å²) < 4.78 is 0. The zero-order valence-corrected chi connectivity index (χ0v) is 10.9. The van der Waals surface area contributed by atoms with Crippen LogP contribution in [0, 0.1) is 6.07 Å². The van der Waals surface area contributed by atoms with Gasteiger partial charge in [-0.3, -0.25) is 0 Å². The number of phenolic OH excluding ortho intramolecular Hbond substituents is 1. The Balaban J connectivity index is 0.000000490.